The fourth-order valence-electron chi connectivity index (χ4n) is 5.24. The largest absolute Gasteiger partial charge is 0.497 e. The number of hydrogen-bond acceptors (Lipinski definition) is 8. The number of hydrogen-bond donors (Lipinski definition) is 1. The van der Waals surface area contributed by atoms with Gasteiger partial charge in [0.05, 0.1) is 39.0 Å². The van der Waals surface area contributed by atoms with Crippen LogP contribution < -0.4 is 28.6 Å². The van der Waals surface area contributed by atoms with E-state index in [4.69, 9.17) is 18.9 Å². The second-order valence-corrected chi connectivity index (χ2v) is 12.5. The van der Waals surface area contributed by atoms with Gasteiger partial charge in [-0.25, -0.2) is 8.42 Å². The van der Waals surface area contributed by atoms with Crippen LogP contribution in [0, 0.1) is 0 Å². The third-order valence-electron chi connectivity index (χ3n) is 7.69. The minimum atomic E-state index is -4.47. The highest BCUT2D eigenvalue weighted by molar-refractivity contribution is 7.92. The third-order valence-corrected chi connectivity index (χ3v) is 9.45. The van der Waals surface area contributed by atoms with Crippen molar-refractivity contribution in [3.63, 3.8) is 0 Å². The number of methoxy groups -OCH3 is 4. The molecule has 12 heteroatoms. The Bertz CT molecular complexity index is 1790. The minimum absolute atomic E-state index is 0.0494. The van der Waals surface area contributed by atoms with Crippen molar-refractivity contribution in [3.05, 3.63) is 108 Å². The second-order valence-electron chi connectivity index (χ2n) is 10.7. The molecule has 0 radical (unpaired) electrons. The lowest BCUT2D eigenvalue weighted by Crippen LogP contribution is -2.53. The van der Waals surface area contributed by atoms with Crippen molar-refractivity contribution in [2.24, 2.45) is 0 Å². The Morgan fingerprint density at radius 3 is 1.92 bits per heavy atom. The molecule has 1 N–H and O–H groups in total. The predicted octanol–water partition coefficient (Wildman–Crippen LogP) is 4.69. The van der Waals surface area contributed by atoms with Crippen molar-refractivity contribution in [2.75, 3.05) is 45.8 Å². The molecule has 0 heterocycles. The summed E-state index contributed by atoms with van der Waals surface area (Å²) in [6.07, 6.45) is 0.205. The molecule has 48 heavy (non-hydrogen) atoms. The maximum absolute atomic E-state index is 14.7. The summed E-state index contributed by atoms with van der Waals surface area (Å²) in [6.45, 7) is 1.52. The molecule has 0 aromatic heterocycles. The van der Waals surface area contributed by atoms with Crippen molar-refractivity contribution in [3.8, 4) is 23.0 Å². The SMILES string of the molecule is CCNC(=O)[C@@H](Cc1ccccc1)N(Cc1ccccc1)C(=O)CN(c1cc(OC)ccc1OC)S(=O)(=O)c1ccc(OC)c(OC)c1. The molecule has 0 saturated carbocycles. The Hall–Kier alpha value is -5.23. The Kier molecular flexibility index (Phi) is 12.3. The highest BCUT2D eigenvalue weighted by Gasteiger charge is 2.36. The first-order chi connectivity index (χ1) is 23.2. The molecule has 4 rings (SSSR count). The molecule has 0 aliphatic rings. The Morgan fingerprint density at radius 2 is 1.33 bits per heavy atom. The topological polar surface area (TPSA) is 124 Å². The standard InChI is InChI=1S/C36H41N3O8S/c1-6-37-36(41)31(21-26-13-9-7-10-14-26)38(24-27-15-11-8-12-16-27)35(40)25-39(30-22-28(44-2)17-19-32(30)45-3)48(42,43)29-18-20-33(46-4)34(23-29)47-5/h7-20,22-23,31H,6,21,24-25H2,1-5H3,(H,37,41)/t31-/m1/s1. The zero-order valence-corrected chi connectivity index (χ0v) is 28.5. The Labute approximate surface area is 282 Å². The number of amides is 2. The summed E-state index contributed by atoms with van der Waals surface area (Å²) in [6, 6.07) is 26.5. The van der Waals surface area contributed by atoms with Crippen LogP contribution in [0.15, 0.2) is 102 Å². The third kappa shape index (κ3) is 8.37. The molecule has 0 fully saturated rings. The van der Waals surface area contributed by atoms with E-state index in [1.165, 1.54) is 57.6 Å². The molecule has 0 aliphatic heterocycles. The average Bonchev–Trinajstić information content (AvgIpc) is 3.12. The van der Waals surface area contributed by atoms with Gasteiger partial charge in [-0.15, -0.1) is 0 Å². The highest BCUT2D eigenvalue weighted by Crippen LogP contribution is 2.38. The van der Waals surface area contributed by atoms with Gasteiger partial charge in [-0.1, -0.05) is 60.7 Å². The number of rotatable bonds is 16. The smallest absolute Gasteiger partial charge is 0.265 e. The lowest BCUT2D eigenvalue weighted by Gasteiger charge is -2.34. The molecular formula is C36H41N3O8S. The number of likely N-dealkylation sites (N-methyl/N-ethyl adjacent to an activating group) is 1. The normalized spacial score (nSPS) is 11.6. The number of sulfonamides is 1. The van der Waals surface area contributed by atoms with Crippen LogP contribution in [0.2, 0.25) is 0 Å². The molecule has 254 valence electrons. The first-order valence-electron chi connectivity index (χ1n) is 15.3. The molecule has 4 aromatic carbocycles. The fraction of sp³-hybridized carbons (Fsp3) is 0.278. The number of nitrogens with zero attached hydrogens (tertiary/aromatic N) is 2. The Balaban J connectivity index is 1.88. The number of carbonyl (C=O) groups excluding carboxylic acids is 2. The lowest BCUT2D eigenvalue weighted by molar-refractivity contribution is -0.140. The van der Waals surface area contributed by atoms with Gasteiger partial charge in [0, 0.05) is 31.6 Å². The highest BCUT2D eigenvalue weighted by atomic mass is 32.2. The van der Waals surface area contributed by atoms with Crippen molar-refractivity contribution in [2.45, 2.75) is 30.8 Å². The first-order valence-corrected chi connectivity index (χ1v) is 16.7. The van der Waals surface area contributed by atoms with Gasteiger partial charge in [0.2, 0.25) is 11.8 Å². The van der Waals surface area contributed by atoms with Gasteiger partial charge in [-0.05, 0) is 42.3 Å². The number of ether oxygens (including phenoxy) is 4. The van der Waals surface area contributed by atoms with Crippen LogP contribution >= 0.6 is 0 Å². The van der Waals surface area contributed by atoms with Crippen LogP contribution in [0.4, 0.5) is 5.69 Å². The summed E-state index contributed by atoms with van der Waals surface area (Å²) in [5, 5.41) is 2.86. The van der Waals surface area contributed by atoms with E-state index in [1.54, 1.807) is 19.1 Å². The molecule has 11 nitrogen and oxygen atoms in total. The quantitative estimate of drug-likeness (QED) is 0.182. The van der Waals surface area contributed by atoms with Gasteiger partial charge in [-0.3, -0.25) is 13.9 Å². The number of nitrogens with one attached hydrogen (secondary N) is 1. The summed E-state index contributed by atoms with van der Waals surface area (Å²) in [7, 11) is 1.23. The van der Waals surface area contributed by atoms with Gasteiger partial charge in [0.1, 0.15) is 24.1 Å². The maximum Gasteiger partial charge on any atom is 0.265 e. The van der Waals surface area contributed by atoms with Gasteiger partial charge in [-0.2, -0.15) is 0 Å². The predicted molar refractivity (Wildman–Crippen MR) is 183 cm³/mol. The molecule has 2 amide bonds. The van der Waals surface area contributed by atoms with Crippen LogP contribution in [0.1, 0.15) is 18.1 Å². The number of anilines is 1. The van der Waals surface area contributed by atoms with E-state index < -0.39 is 28.5 Å². The molecule has 0 spiro atoms. The van der Waals surface area contributed by atoms with E-state index in [0.29, 0.717) is 18.0 Å². The summed E-state index contributed by atoms with van der Waals surface area (Å²) >= 11 is 0. The average molecular weight is 676 g/mol. The van der Waals surface area contributed by atoms with Crippen LogP contribution in [0.3, 0.4) is 0 Å². The van der Waals surface area contributed by atoms with Crippen LogP contribution in [0.5, 0.6) is 23.0 Å². The van der Waals surface area contributed by atoms with Gasteiger partial charge in [0.25, 0.3) is 10.0 Å². The molecule has 0 unspecified atom stereocenters. The van der Waals surface area contributed by atoms with Crippen LogP contribution in [0.25, 0.3) is 0 Å². The molecule has 1 atom stereocenters. The first kappa shape index (κ1) is 35.6. The number of benzene rings is 4. The van der Waals surface area contributed by atoms with Gasteiger partial charge in [0.15, 0.2) is 11.5 Å². The summed E-state index contributed by atoms with van der Waals surface area (Å²) in [5.41, 5.74) is 1.67. The van der Waals surface area contributed by atoms with Crippen LogP contribution in [-0.4, -0.2) is 72.7 Å². The molecule has 0 saturated heterocycles. The van der Waals surface area contributed by atoms with Gasteiger partial charge < -0.3 is 29.2 Å². The molecule has 0 aliphatic carbocycles. The van der Waals surface area contributed by atoms with E-state index in [-0.39, 0.29) is 41.0 Å². The Morgan fingerprint density at radius 1 is 0.729 bits per heavy atom. The zero-order chi connectivity index (χ0) is 34.7. The maximum atomic E-state index is 14.7. The van der Waals surface area contributed by atoms with Crippen molar-refractivity contribution >= 4 is 27.5 Å². The van der Waals surface area contributed by atoms with E-state index in [9.17, 15) is 18.0 Å². The van der Waals surface area contributed by atoms with Crippen molar-refractivity contribution in [1.29, 1.82) is 0 Å². The van der Waals surface area contributed by atoms with Gasteiger partial charge >= 0.3 is 0 Å². The summed E-state index contributed by atoms with van der Waals surface area (Å²) in [5.74, 6) is 0.0759. The molecule has 4 aromatic rings. The monoisotopic (exact) mass is 675 g/mol. The summed E-state index contributed by atoms with van der Waals surface area (Å²) < 4.78 is 51.8. The van der Waals surface area contributed by atoms with E-state index in [1.807, 2.05) is 60.7 Å². The number of carbonyl (C=O) groups is 2. The summed E-state index contributed by atoms with van der Waals surface area (Å²) in [4.78, 5) is 29.6. The van der Waals surface area contributed by atoms with E-state index in [0.717, 1.165) is 15.4 Å². The van der Waals surface area contributed by atoms with Crippen molar-refractivity contribution < 1.29 is 37.0 Å². The van der Waals surface area contributed by atoms with E-state index >= 15 is 0 Å². The molecular weight excluding hydrogens is 634 g/mol. The molecule has 0 bridgehead atoms. The van der Waals surface area contributed by atoms with E-state index in [2.05, 4.69) is 5.32 Å². The second kappa shape index (κ2) is 16.6. The van der Waals surface area contributed by atoms with Crippen molar-refractivity contribution in [1.82, 2.24) is 10.2 Å². The van der Waals surface area contributed by atoms with Crippen LogP contribution in [-0.2, 0) is 32.6 Å². The zero-order valence-electron chi connectivity index (χ0n) is 27.7. The minimum Gasteiger partial charge on any atom is -0.497 e. The lowest BCUT2D eigenvalue weighted by atomic mass is 10.0. The fourth-order valence-corrected chi connectivity index (χ4v) is 6.67.